The van der Waals surface area contributed by atoms with Crippen molar-refractivity contribution in [3.8, 4) is 0 Å². The molecular weight excluding hydrogens is 348 g/mol. The number of carbonyl (C=O) groups excluding carboxylic acids is 3. The molecule has 0 spiro atoms. The fourth-order valence-electron chi connectivity index (χ4n) is 4.56. The molecular formula is C20H21N2O5+. The zero-order chi connectivity index (χ0) is 19.2. The highest BCUT2D eigenvalue weighted by atomic mass is 16.5. The fraction of sp³-hybridized carbons (Fsp3) is 0.350. The number of methoxy groups -OCH3 is 1. The summed E-state index contributed by atoms with van der Waals surface area (Å²) in [6.07, 6.45) is 1.89. The van der Waals surface area contributed by atoms with Gasteiger partial charge in [-0.3, -0.25) is 9.59 Å². The zero-order valence-electron chi connectivity index (χ0n) is 15.1. The molecule has 3 heterocycles. The van der Waals surface area contributed by atoms with E-state index in [9.17, 15) is 14.4 Å². The molecule has 2 saturated heterocycles. The monoisotopic (exact) mass is 369 g/mol. The van der Waals surface area contributed by atoms with Crippen molar-refractivity contribution < 1.29 is 28.9 Å². The molecule has 2 aliphatic heterocycles. The van der Waals surface area contributed by atoms with Crippen molar-refractivity contribution in [2.24, 2.45) is 11.8 Å². The zero-order valence-corrected chi connectivity index (χ0v) is 15.1. The number of quaternary nitrogens is 1. The van der Waals surface area contributed by atoms with Gasteiger partial charge in [0, 0.05) is 6.42 Å². The second-order valence-electron chi connectivity index (χ2n) is 6.94. The van der Waals surface area contributed by atoms with Crippen LogP contribution in [0.5, 0.6) is 0 Å². The molecule has 0 aliphatic carbocycles. The Morgan fingerprint density at radius 1 is 1.19 bits per heavy atom. The maximum atomic E-state index is 13.4. The number of rotatable bonds is 4. The molecule has 1 aromatic heterocycles. The molecule has 0 saturated carbocycles. The molecule has 2 fully saturated rings. The number of ether oxygens (including phenoxy) is 1. The minimum Gasteiger partial charge on any atom is -0.464 e. The first-order chi connectivity index (χ1) is 13.0. The second kappa shape index (κ2) is 6.35. The number of para-hydroxylation sites is 1. The number of carbonyl (C=O) groups is 3. The molecule has 1 aromatic carbocycles. The number of anilines is 1. The first-order valence-electron chi connectivity index (χ1n) is 8.96. The third kappa shape index (κ3) is 2.35. The van der Waals surface area contributed by atoms with Gasteiger partial charge in [0.1, 0.15) is 11.8 Å². The summed E-state index contributed by atoms with van der Waals surface area (Å²) in [5, 5.41) is 1.78. The summed E-state index contributed by atoms with van der Waals surface area (Å²) in [6, 6.07) is 11.8. The molecule has 2 amide bonds. The van der Waals surface area contributed by atoms with Crippen LogP contribution in [0.3, 0.4) is 0 Å². The molecule has 2 aliphatic rings. The van der Waals surface area contributed by atoms with Crippen LogP contribution in [0.2, 0.25) is 0 Å². The van der Waals surface area contributed by atoms with Crippen molar-refractivity contribution in [3.05, 3.63) is 54.5 Å². The van der Waals surface area contributed by atoms with Crippen LogP contribution in [0.4, 0.5) is 5.69 Å². The van der Waals surface area contributed by atoms with Gasteiger partial charge in [0.2, 0.25) is 17.4 Å². The fourth-order valence-corrected chi connectivity index (χ4v) is 4.56. The molecule has 0 bridgehead atoms. The van der Waals surface area contributed by atoms with Crippen molar-refractivity contribution in [1.82, 2.24) is 0 Å². The number of nitrogens with zero attached hydrogens (tertiary/aromatic N) is 1. The summed E-state index contributed by atoms with van der Waals surface area (Å²) in [4.78, 5) is 40.6. The third-order valence-electron chi connectivity index (χ3n) is 5.81. The number of imide groups is 1. The van der Waals surface area contributed by atoms with Gasteiger partial charge in [-0.05, 0) is 24.3 Å². The lowest BCUT2D eigenvalue weighted by Gasteiger charge is -2.27. The summed E-state index contributed by atoms with van der Waals surface area (Å²) in [6.45, 7) is 1.83. The van der Waals surface area contributed by atoms with Crippen LogP contribution in [0.25, 0.3) is 0 Å². The Hall–Kier alpha value is -2.93. The average molecular weight is 369 g/mol. The first-order valence-corrected chi connectivity index (χ1v) is 8.96. The van der Waals surface area contributed by atoms with E-state index in [1.165, 1.54) is 18.3 Å². The lowest BCUT2D eigenvalue weighted by atomic mass is 9.78. The number of hydrogen-bond acceptors (Lipinski definition) is 5. The molecule has 4 rings (SSSR count). The predicted octanol–water partition coefficient (Wildman–Crippen LogP) is 1.03. The van der Waals surface area contributed by atoms with Crippen molar-refractivity contribution in [1.29, 1.82) is 0 Å². The molecule has 0 radical (unpaired) electrons. The SMILES string of the molecule is CC[C@]1(C(=O)OC)[NH2+][C@@H](c2ccco2)[C@H]2C(=O)N(c3ccccc3)C(=O)[C@@H]21. The van der Waals surface area contributed by atoms with E-state index < -0.39 is 29.4 Å². The highest BCUT2D eigenvalue weighted by Crippen LogP contribution is 2.46. The number of amides is 2. The summed E-state index contributed by atoms with van der Waals surface area (Å²) in [5.41, 5.74) is -0.650. The van der Waals surface area contributed by atoms with Crippen molar-refractivity contribution in [3.63, 3.8) is 0 Å². The Kier molecular flexibility index (Phi) is 4.11. The lowest BCUT2D eigenvalue weighted by Crippen LogP contribution is -2.98. The standard InChI is InChI=1S/C20H20N2O5/c1-3-20(19(25)26-2)15-14(16(21-20)13-10-7-11-27-13)17(23)22(18(15)24)12-8-5-4-6-9-12/h4-11,14-16,21H,3H2,1-2H3/p+1/t14-,15+,16-,20-/m0/s1. The lowest BCUT2D eigenvalue weighted by molar-refractivity contribution is -0.735. The maximum Gasteiger partial charge on any atom is 0.368 e. The van der Waals surface area contributed by atoms with Gasteiger partial charge in [-0.15, -0.1) is 0 Å². The maximum absolute atomic E-state index is 13.4. The van der Waals surface area contributed by atoms with Gasteiger partial charge in [-0.25, -0.2) is 9.69 Å². The number of benzene rings is 1. The quantitative estimate of drug-likeness (QED) is 0.642. The highest BCUT2D eigenvalue weighted by molar-refractivity contribution is 6.23. The molecule has 140 valence electrons. The summed E-state index contributed by atoms with van der Waals surface area (Å²) in [5.74, 6) is -2.10. The Morgan fingerprint density at radius 2 is 1.93 bits per heavy atom. The van der Waals surface area contributed by atoms with Crippen LogP contribution in [-0.4, -0.2) is 30.4 Å². The predicted molar refractivity (Wildman–Crippen MR) is 94.3 cm³/mol. The van der Waals surface area contributed by atoms with Crippen LogP contribution in [0.15, 0.2) is 53.1 Å². The van der Waals surface area contributed by atoms with E-state index >= 15 is 0 Å². The first kappa shape index (κ1) is 17.5. The average Bonchev–Trinajstić information content (AvgIpc) is 3.39. The van der Waals surface area contributed by atoms with Crippen LogP contribution in [-0.2, 0) is 19.1 Å². The van der Waals surface area contributed by atoms with E-state index in [2.05, 4.69) is 0 Å². The Balaban J connectivity index is 1.85. The minimum atomic E-state index is -1.16. The number of nitrogens with two attached hydrogens (primary N) is 1. The van der Waals surface area contributed by atoms with Gasteiger partial charge in [0.15, 0.2) is 11.8 Å². The molecule has 2 N–H and O–H groups in total. The normalized spacial score (nSPS) is 29.9. The minimum absolute atomic E-state index is 0.312. The van der Waals surface area contributed by atoms with E-state index in [0.717, 1.165) is 0 Å². The Morgan fingerprint density at radius 3 is 2.52 bits per heavy atom. The number of hydrogen-bond donors (Lipinski definition) is 1. The number of furan rings is 1. The Bertz CT molecular complexity index is 879. The van der Waals surface area contributed by atoms with Gasteiger partial charge in [-0.1, -0.05) is 25.1 Å². The van der Waals surface area contributed by atoms with E-state index in [0.29, 0.717) is 17.9 Å². The van der Waals surface area contributed by atoms with Gasteiger partial charge < -0.3 is 14.5 Å². The molecule has 27 heavy (non-hydrogen) atoms. The van der Waals surface area contributed by atoms with E-state index in [1.54, 1.807) is 41.7 Å². The van der Waals surface area contributed by atoms with Gasteiger partial charge >= 0.3 is 5.97 Å². The largest absolute Gasteiger partial charge is 0.464 e. The van der Waals surface area contributed by atoms with E-state index in [1.807, 2.05) is 13.0 Å². The van der Waals surface area contributed by atoms with Crippen LogP contribution < -0.4 is 10.2 Å². The smallest absolute Gasteiger partial charge is 0.368 e. The summed E-state index contributed by atoms with van der Waals surface area (Å²) >= 11 is 0. The molecule has 4 atom stereocenters. The van der Waals surface area contributed by atoms with Crippen LogP contribution >= 0.6 is 0 Å². The molecule has 7 nitrogen and oxygen atoms in total. The number of fused-ring (bicyclic) bond motifs is 1. The van der Waals surface area contributed by atoms with Gasteiger partial charge in [0.25, 0.3) is 0 Å². The van der Waals surface area contributed by atoms with Gasteiger partial charge in [-0.2, -0.15) is 0 Å². The van der Waals surface area contributed by atoms with Crippen molar-refractivity contribution in [2.75, 3.05) is 12.0 Å². The van der Waals surface area contributed by atoms with Crippen LogP contribution in [0, 0.1) is 11.8 Å². The third-order valence-corrected chi connectivity index (χ3v) is 5.81. The number of esters is 1. The summed E-state index contributed by atoms with van der Waals surface area (Å²) in [7, 11) is 1.30. The summed E-state index contributed by atoms with van der Waals surface area (Å²) < 4.78 is 10.6. The van der Waals surface area contributed by atoms with Gasteiger partial charge in [0.05, 0.1) is 19.1 Å². The molecule has 0 unspecified atom stereocenters. The van der Waals surface area contributed by atoms with E-state index in [4.69, 9.17) is 9.15 Å². The van der Waals surface area contributed by atoms with Crippen molar-refractivity contribution in [2.45, 2.75) is 24.9 Å². The topological polar surface area (TPSA) is 93.4 Å². The van der Waals surface area contributed by atoms with Crippen molar-refractivity contribution >= 4 is 23.5 Å². The highest BCUT2D eigenvalue weighted by Gasteiger charge is 2.72. The second-order valence-corrected chi connectivity index (χ2v) is 6.94. The Labute approximate surface area is 156 Å². The molecule has 7 heteroatoms. The molecule has 2 aromatic rings. The van der Waals surface area contributed by atoms with E-state index in [-0.39, 0.29) is 11.8 Å². The van der Waals surface area contributed by atoms with Crippen LogP contribution in [0.1, 0.15) is 25.1 Å².